The highest BCUT2D eigenvalue weighted by atomic mass is 16.6. The smallest absolute Gasteiger partial charge is 0.306 e. The van der Waals surface area contributed by atoms with E-state index in [4.69, 9.17) is 14.2 Å². The van der Waals surface area contributed by atoms with Crippen molar-refractivity contribution in [1.82, 2.24) is 0 Å². The van der Waals surface area contributed by atoms with Gasteiger partial charge in [-0.1, -0.05) is 220 Å². The summed E-state index contributed by atoms with van der Waals surface area (Å²) in [7, 11) is 0. The summed E-state index contributed by atoms with van der Waals surface area (Å²) in [6.07, 6.45) is 68.2. The molecule has 0 aliphatic heterocycles. The van der Waals surface area contributed by atoms with Crippen LogP contribution in [0.15, 0.2) is 109 Å². The first-order valence-electron chi connectivity index (χ1n) is 25.4. The molecule has 0 aliphatic carbocycles. The second-order valence-corrected chi connectivity index (χ2v) is 16.4. The molecule has 0 spiro atoms. The third-order valence-corrected chi connectivity index (χ3v) is 10.3. The molecule has 0 fully saturated rings. The molecule has 1 atom stereocenters. The molecule has 0 saturated heterocycles. The average molecular weight is 873 g/mol. The van der Waals surface area contributed by atoms with Crippen LogP contribution >= 0.6 is 0 Å². The Morgan fingerprint density at radius 2 is 0.619 bits per heavy atom. The molecule has 0 heterocycles. The van der Waals surface area contributed by atoms with Gasteiger partial charge in [0.2, 0.25) is 0 Å². The SMILES string of the molecule is CC/C=C\C/C=C\C/C=C\C/C=C\C/C=C\C/C=C\C/C=C\C/C=C\C/C=C\CCCC(=O)OCC(COC(=O)CCCCCCCCC)OC(=O)CCCCCCCCCCC. The third-order valence-electron chi connectivity index (χ3n) is 10.3. The molecule has 0 radical (unpaired) electrons. The van der Waals surface area contributed by atoms with Crippen molar-refractivity contribution in [3.63, 3.8) is 0 Å². The summed E-state index contributed by atoms with van der Waals surface area (Å²) in [6.45, 7) is 6.39. The number of hydrogen-bond donors (Lipinski definition) is 0. The van der Waals surface area contributed by atoms with Gasteiger partial charge in [-0.25, -0.2) is 0 Å². The molecule has 6 nitrogen and oxygen atoms in total. The Morgan fingerprint density at radius 1 is 0.333 bits per heavy atom. The van der Waals surface area contributed by atoms with E-state index in [0.717, 1.165) is 103 Å². The molecule has 356 valence electrons. The summed E-state index contributed by atoms with van der Waals surface area (Å²) >= 11 is 0. The lowest BCUT2D eigenvalue weighted by atomic mass is 10.1. The van der Waals surface area contributed by atoms with Gasteiger partial charge < -0.3 is 14.2 Å². The Balaban J connectivity index is 4.25. The van der Waals surface area contributed by atoms with Crippen LogP contribution in [0.2, 0.25) is 0 Å². The molecule has 0 amide bonds. The van der Waals surface area contributed by atoms with Crippen molar-refractivity contribution < 1.29 is 28.6 Å². The number of esters is 3. The van der Waals surface area contributed by atoms with Crippen molar-refractivity contribution in [3.8, 4) is 0 Å². The van der Waals surface area contributed by atoms with Crippen molar-refractivity contribution in [2.45, 2.75) is 219 Å². The number of carbonyl (C=O) groups is 3. The zero-order valence-corrected chi connectivity index (χ0v) is 40.5. The first kappa shape index (κ1) is 59.1. The van der Waals surface area contributed by atoms with Gasteiger partial charge in [-0.2, -0.15) is 0 Å². The van der Waals surface area contributed by atoms with E-state index < -0.39 is 6.10 Å². The Morgan fingerprint density at radius 3 is 0.968 bits per heavy atom. The molecular weight excluding hydrogens is 781 g/mol. The fraction of sp³-hybridized carbons (Fsp3) is 0.632. The minimum absolute atomic E-state index is 0.0956. The summed E-state index contributed by atoms with van der Waals surface area (Å²) < 4.78 is 16.6. The van der Waals surface area contributed by atoms with Crippen LogP contribution < -0.4 is 0 Å². The van der Waals surface area contributed by atoms with Crippen LogP contribution in [0.1, 0.15) is 213 Å². The second kappa shape index (κ2) is 50.7. The molecule has 0 N–H and O–H groups in total. The molecule has 6 heteroatoms. The van der Waals surface area contributed by atoms with Crippen LogP contribution in [0.3, 0.4) is 0 Å². The van der Waals surface area contributed by atoms with Crippen molar-refractivity contribution in [3.05, 3.63) is 109 Å². The van der Waals surface area contributed by atoms with Gasteiger partial charge in [-0.05, 0) is 83.5 Å². The number of allylic oxidation sites excluding steroid dienone is 18. The van der Waals surface area contributed by atoms with Crippen LogP contribution in [0, 0.1) is 0 Å². The number of hydrogen-bond acceptors (Lipinski definition) is 6. The van der Waals surface area contributed by atoms with Crippen molar-refractivity contribution in [2.75, 3.05) is 13.2 Å². The van der Waals surface area contributed by atoms with Crippen molar-refractivity contribution >= 4 is 17.9 Å². The van der Waals surface area contributed by atoms with E-state index in [2.05, 4.69) is 130 Å². The normalized spacial score (nSPS) is 13.0. The maximum Gasteiger partial charge on any atom is 0.306 e. The Kier molecular flexibility index (Phi) is 47.5. The van der Waals surface area contributed by atoms with Crippen molar-refractivity contribution in [1.29, 1.82) is 0 Å². The van der Waals surface area contributed by atoms with E-state index in [9.17, 15) is 14.4 Å². The standard InChI is InChI=1S/C57H92O6/c1-4-7-10-13-16-18-19-20-21-22-23-24-25-26-27-28-29-30-31-32-33-34-35-36-37-39-41-44-47-50-56(59)62-53-54(52-61-55(58)49-46-43-40-15-12-9-6-3)63-57(60)51-48-45-42-38-17-14-11-8-5-2/h7,10,16,18,20-21,23-24,26-27,29-30,32-33,35-36,39,41,54H,4-6,8-9,11-15,17,19,22,25,28,31,34,37-38,40,42-53H2,1-3H3/b10-7-,18-16-,21-20-,24-23-,27-26-,30-29-,33-32-,36-35-,41-39-. The summed E-state index contributed by atoms with van der Waals surface area (Å²) in [4.78, 5) is 37.6. The number of unbranched alkanes of at least 4 members (excludes halogenated alkanes) is 15. The summed E-state index contributed by atoms with van der Waals surface area (Å²) in [5.74, 6) is -0.975. The molecule has 0 aromatic heterocycles. The number of rotatable bonds is 44. The summed E-state index contributed by atoms with van der Waals surface area (Å²) in [5, 5.41) is 0. The van der Waals surface area contributed by atoms with Gasteiger partial charge in [0, 0.05) is 19.3 Å². The largest absolute Gasteiger partial charge is 0.462 e. The quantitative estimate of drug-likeness (QED) is 0.0263. The highest BCUT2D eigenvalue weighted by molar-refractivity contribution is 5.71. The lowest BCUT2D eigenvalue weighted by molar-refractivity contribution is -0.167. The van der Waals surface area contributed by atoms with E-state index in [-0.39, 0.29) is 37.5 Å². The Bertz CT molecular complexity index is 1330. The second-order valence-electron chi connectivity index (χ2n) is 16.4. The molecule has 0 bridgehead atoms. The van der Waals surface area contributed by atoms with Gasteiger partial charge in [0.05, 0.1) is 0 Å². The molecular formula is C57H92O6. The zero-order valence-electron chi connectivity index (χ0n) is 40.5. The first-order valence-corrected chi connectivity index (χ1v) is 25.4. The molecule has 1 unspecified atom stereocenters. The predicted octanol–water partition coefficient (Wildman–Crippen LogP) is 16.8. The van der Waals surface area contributed by atoms with Gasteiger partial charge in [0.1, 0.15) is 13.2 Å². The molecule has 0 rings (SSSR count). The average Bonchev–Trinajstić information content (AvgIpc) is 3.28. The van der Waals surface area contributed by atoms with E-state index >= 15 is 0 Å². The van der Waals surface area contributed by atoms with Gasteiger partial charge in [-0.3, -0.25) is 14.4 Å². The molecule has 0 aliphatic rings. The van der Waals surface area contributed by atoms with Gasteiger partial charge >= 0.3 is 17.9 Å². The maximum atomic E-state index is 12.7. The van der Waals surface area contributed by atoms with Crippen LogP contribution in [0.4, 0.5) is 0 Å². The minimum atomic E-state index is -0.795. The Hall–Kier alpha value is -3.93. The predicted molar refractivity (Wildman–Crippen MR) is 270 cm³/mol. The third kappa shape index (κ3) is 49.0. The van der Waals surface area contributed by atoms with Crippen LogP contribution in [0.25, 0.3) is 0 Å². The first-order chi connectivity index (χ1) is 31.0. The summed E-state index contributed by atoms with van der Waals surface area (Å²) in [6, 6.07) is 0. The monoisotopic (exact) mass is 873 g/mol. The number of ether oxygens (including phenoxy) is 3. The number of carbonyl (C=O) groups excluding carboxylic acids is 3. The summed E-state index contributed by atoms with van der Waals surface area (Å²) in [5.41, 5.74) is 0. The van der Waals surface area contributed by atoms with Gasteiger partial charge in [-0.15, -0.1) is 0 Å². The van der Waals surface area contributed by atoms with Crippen LogP contribution in [-0.4, -0.2) is 37.2 Å². The molecule has 0 aromatic carbocycles. The highest BCUT2D eigenvalue weighted by Crippen LogP contribution is 2.13. The van der Waals surface area contributed by atoms with Crippen LogP contribution in [0.5, 0.6) is 0 Å². The minimum Gasteiger partial charge on any atom is -0.462 e. The highest BCUT2D eigenvalue weighted by Gasteiger charge is 2.19. The topological polar surface area (TPSA) is 78.9 Å². The molecule has 63 heavy (non-hydrogen) atoms. The van der Waals surface area contributed by atoms with E-state index in [1.807, 2.05) is 0 Å². The fourth-order valence-electron chi connectivity index (χ4n) is 6.50. The molecule has 0 aromatic rings. The van der Waals surface area contributed by atoms with E-state index in [1.165, 1.54) is 64.2 Å². The zero-order chi connectivity index (χ0) is 45.8. The lowest BCUT2D eigenvalue weighted by Gasteiger charge is -2.18. The molecule has 0 saturated carbocycles. The fourth-order valence-corrected chi connectivity index (χ4v) is 6.50. The van der Waals surface area contributed by atoms with Gasteiger partial charge in [0.25, 0.3) is 0 Å². The van der Waals surface area contributed by atoms with E-state index in [1.54, 1.807) is 0 Å². The van der Waals surface area contributed by atoms with E-state index in [0.29, 0.717) is 19.3 Å². The maximum absolute atomic E-state index is 12.7. The van der Waals surface area contributed by atoms with Gasteiger partial charge in [0.15, 0.2) is 6.10 Å². The van der Waals surface area contributed by atoms with Crippen molar-refractivity contribution in [2.24, 2.45) is 0 Å². The Labute approximate surface area is 387 Å². The lowest BCUT2D eigenvalue weighted by Crippen LogP contribution is -2.30. The van der Waals surface area contributed by atoms with Crippen LogP contribution in [-0.2, 0) is 28.6 Å².